The zero-order chi connectivity index (χ0) is 11.4. The predicted octanol–water partition coefficient (Wildman–Crippen LogP) is 0.167. The fourth-order valence-electron chi connectivity index (χ4n) is 1.26. The first-order valence-electron chi connectivity index (χ1n) is 4.96. The van der Waals surface area contributed by atoms with Crippen molar-refractivity contribution in [3.8, 4) is 0 Å². The average Bonchev–Trinajstić information content (AvgIpc) is 2.60. The van der Waals surface area contributed by atoms with Crippen LogP contribution in [0.4, 0.5) is 0 Å². The predicted molar refractivity (Wildman–Crippen MR) is 56.4 cm³/mol. The SMILES string of the molecule is CC(C)[C@@H](CO)NC(=O)c1ccnn1C. The van der Waals surface area contributed by atoms with Gasteiger partial charge in [0.1, 0.15) is 5.69 Å². The van der Waals surface area contributed by atoms with Crippen LogP contribution in [-0.2, 0) is 7.05 Å². The molecule has 1 aromatic rings. The number of aryl methyl sites for hydroxylation is 1. The quantitative estimate of drug-likeness (QED) is 0.746. The standard InChI is InChI=1S/C10H17N3O2/c1-7(2)8(6-14)12-10(15)9-4-5-11-13(9)3/h4-5,7-8,14H,6H2,1-3H3,(H,12,15)/t8-/m1/s1. The van der Waals surface area contributed by atoms with Crippen molar-refractivity contribution in [2.75, 3.05) is 6.61 Å². The van der Waals surface area contributed by atoms with Gasteiger partial charge in [-0.1, -0.05) is 13.8 Å². The van der Waals surface area contributed by atoms with Gasteiger partial charge in [-0.25, -0.2) is 0 Å². The summed E-state index contributed by atoms with van der Waals surface area (Å²) in [6.07, 6.45) is 1.57. The van der Waals surface area contributed by atoms with Crippen molar-refractivity contribution in [2.45, 2.75) is 19.9 Å². The lowest BCUT2D eigenvalue weighted by molar-refractivity contribution is 0.0887. The monoisotopic (exact) mass is 211 g/mol. The number of nitrogens with zero attached hydrogens (tertiary/aromatic N) is 2. The Hall–Kier alpha value is -1.36. The Morgan fingerprint density at radius 3 is 2.73 bits per heavy atom. The van der Waals surface area contributed by atoms with Crippen LogP contribution in [0.5, 0.6) is 0 Å². The fourth-order valence-corrected chi connectivity index (χ4v) is 1.26. The van der Waals surface area contributed by atoms with E-state index in [1.807, 2.05) is 13.8 Å². The number of amides is 1. The third kappa shape index (κ3) is 2.79. The number of carbonyl (C=O) groups is 1. The van der Waals surface area contributed by atoms with E-state index in [2.05, 4.69) is 10.4 Å². The van der Waals surface area contributed by atoms with E-state index >= 15 is 0 Å². The lowest BCUT2D eigenvalue weighted by Crippen LogP contribution is -2.41. The molecule has 0 saturated heterocycles. The van der Waals surface area contributed by atoms with Crippen molar-refractivity contribution >= 4 is 5.91 Å². The molecule has 0 aliphatic rings. The molecular weight excluding hydrogens is 194 g/mol. The first-order chi connectivity index (χ1) is 7.06. The topological polar surface area (TPSA) is 67.2 Å². The molecule has 0 unspecified atom stereocenters. The lowest BCUT2D eigenvalue weighted by Gasteiger charge is -2.19. The number of hydrogen-bond acceptors (Lipinski definition) is 3. The molecule has 1 atom stereocenters. The lowest BCUT2D eigenvalue weighted by atomic mass is 10.1. The maximum absolute atomic E-state index is 11.7. The maximum Gasteiger partial charge on any atom is 0.269 e. The smallest absolute Gasteiger partial charge is 0.269 e. The molecule has 5 heteroatoms. The minimum absolute atomic E-state index is 0.0543. The fraction of sp³-hybridized carbons (Fsp3) is 0.600. The Labute approximate surface area is 89.1 Å². The second-order valence-electron chi connectivity index (χ2n) is 3.85. The van der Waals surface area contributed by atoms with Crippen LogP contribution in [0.3, 0.4) is 0 Å². The highest BCUT2D eigenvalue weighted by Gasteiger charge is 2.17. The summed E-state index contributed by atoms with van der Waals surface area (Å²) in [7, 11) is 1.71. The highest BCUT2D eigenvalue weighted by Crippen LogP contribution is 2.03. The molecule has 0 aromatic carbocycles. The van der Waals surface area contributed by atoms with Gasteiger partial charge in [-0.05, 0) is 12.0 Å². The van der Waals surface area contributed by atoms with Gasteiger partial charge in [0.2, 0.25) is 0 Å². The van der Waals surface area contributed by atoms with Crippen LogP contribution < -0.4 is 5.32 Å². The molecule has 0 aliphatic heterocycles. The number of aromatic nitrogens is 2. The third-order valence-electron chi connectivity index (χ3n) is 2.37. The minimum Gasteiger partial charge on any atom is -0.394 e. The Bertz CT molecular complexity index is 333. The summed E-state index contributed by atoms with van der Waals surface area (Å²) >= 11 is 0. The first-order valence-corrected chi connectivity index (χ1v) is 4.96. The number of rotatable bonds is 4. The van der Waals surface area contributed by atoms with Crippen molar-refractivity contribution in [3.05, 3.63) is 18.0 Å². The maximum atomic E-state index is 11.7. The molecule has 0 radical (unpaired) electrons. The van der Waals surface area contributed by atoms with E-state index in [4.69, 9.17) is 5.11 Å². The highest BCUT2D eigenvalue weighted by atomic mass is 16.3. The molecule has 1 rings (SSSR count). The summed E-state index contributed by atoms with van der Waals surface area (Å²) < 4.78 is 1.50. The van der Waals surface area contributed by atoms with Gasteiger partial charge in [-0.15, -0.1) is 0 Å². The van der Waals surface area contributed by atoms with Crippen molar-refractivity contribution in [3.63, 3.8) is 0 Å². The number of hydrogen-bond donors (Lipinski definition) is 2. The Balaban J connectivity index is 2.67. The zero-order valence-corrected chi connectivity index (χ0v) is 9.27. The van der Waals surface area contributed by atoms with E-state index in [0.717, 1.165) is 0 Å². The minimum atomic E-state index is -0.215. The van der Waals surface area contributed by atoms with Crippen LogP contribution in [0.1, 0.15) is 24.3 Å². The molecule has 2 N–H and O–H groups in total. The van der Waals surface area contributed by atoms with Gasteiger partial charge < -0.3 is 10.4 Å². The van der Waals surface area contributed by atoms with Gasteiger partial charge in [0.25, 0.3) is 5.91 Å². The molecule has 1 aromatic heterocycles. The normalized spacial score (nSPS) is 12.9. The van der Waals surface area contributed by atoms with E-state index in [0.29, 0.717) is 5.69 Å². The van der Waals surface area contributed by atoms with Gasteiger partial charge in [-0.2, -0.15) is 5.10 Å². The van der Waals surface area contributed by atoms with Crippen LogP contribution >= 0.6 is 0 Å². The first kappa shape index (κ1) is 11.7. The summed E-state index contributed by atoms with van der Waals surface area (Å²) in [5.74, 6) is -0.00470. The van der Waals surface area contributed by atoms with Crippen molar-refractivity contribution in [2.24, 2.45) is 13.0 Å². The Kier molecular flexibility index (Phi) is 3.85. The van der Waals surface area contributed by atoms with Crippen molar-refractivity contribution in [1.82, 2.24) is 15.1 Å². The van der Waals surface area contributed by atoms with E-state index in [1.165, 1.54) is 4.68 Å². The van der Waals surface area contributed by atoms with Crippen LogP contribution in [0.15, 0.2) is 12.3 Å². The number of nitrogens with one attached hydrogen (secondary N) is 1. The number of aliphatic hydroxyl groups excluding tert-OH is 1. The van der Waals surface area contributed by atoms with E-state index in [9.17, 15) is 4.79 Å². The number of aliphatic hydroxyl groups is 1. The van der Waals surface area contributed by atoms with Gasteiger partial charge in [-0.3, -0.25) is 9.48 Å². The third-order valence-corrected chi connectivity index (χ3v) is 2.37. The van der Waals surface area contributed by atoms with Crippen molar-refractivity contribution in [1.29, 1.82) is 0 Å². The summed E-state index contributed by atoms with van der Waals surface area (Å²) in [6, 6.07) is 1.43. The van der Waals surface area contributed by atoms with Crippen LogP contribution in [-0.4, -0.2) is 33.4 Å². The Morgan fingerprint density at radius 2 is 2.33 bits per heavy atom. The molecule has 0 aliphatic carbocycles. The number of carbonyl (C=O) groups excluding carboxylic acids is 1. The highest BCUT2D eigenvalue weighted by molar-refractivity contribution is 5.92. The Morgan fingerprint density at radius 1 is 1.67 bits per heavy atom. The molecule has 0 spiro atoms. The summed E-state index contributed by atoms with van der Waals surface area (Å²) in [5, 5.41) is 15.7. The largest absolute Gasteiger partial charge is 0.394 e. The van der Waals surface area contributed by atoms with Gasteiger partial charge in [0, 0.05) is 13.2 Å². The molecule has 0 saturated carbocycles. The second kappa shape index (κ2) is 4.93. The van der Waals surface area contributed by atoms with E-state index in [1.54, 1.807) is 19.3 Å². The summed E-state index contributed by atoms with van der Waals surface area (Å²) in [4.78, 5) is 11.7. The summed E-state index contributed by atoms with van der Waals surface area (Å²) in [6.45, 7) is 3.84. The molecule has 5 nitrogen and oxygen atoms in total. The van der Waals surface area contributed by atoms with Crippen molar-refractivity contribution < 1.29 is 9.90 Å². The molecule has 1 amide bonds. The molecule has 84 valence electrons. The van der Waals surface area contributed by atoms with Crippen LogP contribution in [0.25, 0.3) is 0 Å². The van der Waals surface area contributed by atoms with Gasteiger partial charge in [0.15, 0.2) is 0 Å². The average molecular weight is 211 g/mol. The van der Waals surface area contributed by atoms with Gasteiger partial charge in [0.05, 0.1) is 12.6 Å². The van der Waals surface area contributed by atoms with Gasteiger partial charge >= 0.3 is 0 Å². The molecule has 0 fully saturated rings. The van der Waals surface area contributed by atoms with E-state index < -0.39 is 0 Å². The summed E-state index contributed by atoms with van der Waals surface area (Å²) in [5.41, 5.74) is 0.495. The molecule has 1 heterocycles. The molecular formula is C10H17N3O2. The van der Waals surface area contributed by atoms with Crippen LogP contribution in [0.2, 0.25) is 0 Å². The molecule has 15 heavy (non-hydrogen) atoms. The zero-order valence-electron chi connectivity index (χ0n) is 9.27. The second-order valence-corrected chi connectivity index (χ2v) is 3.85. The van der Waals surface area contributed by atoms with Crippen LogP contribution in [0, 0.1) is 5.92 Å². The molecule has 0 bridgehead atoms. The van der Waals surface area contributed by atoms with E-state index in [-0.39, 0.29) is 24.5 Å².